The molecule has 3 N–H and O–H groups in total. The molecule has 0 fully saturated rings. The van der Waals surface area contributed by atoms with Gasteiger partial charge in [0.2, 0.25) is 0 Å². The molecule has 2 heterocycles. The van der Waals surface area contributed by atoms with Crippen LogP contribution in [0.5, 0.6) is 0 Å². The van der Waals surface area contributed by atoms with Crippen molar-refractivity contribution < 1.29 is 9.63 Å². The third kappa shape index (κ3) is 2.61. The summed E-state index contributed by atoms with van der Waals surface area (Å²) in [5.41, 5.74) is 3.18. The van der Waals surface area contributed by atoms with E-state index in [1.54, 1.807) is 0 Å². The molecule has 1 aromatic carbocycles. The molecule has 0 bridgehead atoms. The Balaban J connectivity index is 2.40. The number of nitrogens with one attached hydrogen (secondary N) is 2. The molecule has 0 aliphatic carbocycles. The first kappa shape index (κ1) is 17.5. The van der Waals surface area contributed by atoms with Crippen LogP contribution in [0.4, 0.5) is 0 Å². The van der Waals surface area contributed by atoms with E-state index in [9.17, 15) is 9.90 Å². The highest BCUT2D eigenvalue weighted by molar-refractivity contribution is 5.86. The summed E-state index contributed by atoms with van der Waals surface area (Å²) in [6.07, 6.45) is 0. The van der Waals surface area contributed by atoms with Gasteiger partial charge in [0, 0.05) is 11.1 Å². The standard InChI is InChI=1S/C19H25N3O3/c1-9(2)19(24,10(3)4)14-7-13(16-11(5)22-25-12(16)6)8-15-17(14)21-18(23)20-15/h7-10,24H,1-6H3,(H2,20,21,23). The number of hydrogen-bond acceptors (Lipinski definition) is 4. The van der Waals surface area contributed by atoms with Gasteiger partial charge in [-0.2, -0.15) is 0 Å². The minimum Gasteiger partial charge on any atom is -0.385 e. The smallest absolute Gasteiger partial charge is 0.323 e. The number of H-pyrrole nitrogens is 2. The van der Waals surface area contributed by atoms with Gasteiger partial charge in [-0.1, -0.05) is 32.9 Å². The highest BCUT2D eigenvalue weighted by atomic mass is 16.5. The van der Waals surface area contributed by atoms with Crippen LogP contribution in [-0.4, -0.2) is 20.2 Å². The summed E-state index contributed by atoms with van der Waals surface area (Å²) in [5, 5.41) is 15.6. The van der Waals surface area contributed by atoms with Crippen LogP contribution in [0.1, 0.15) is 44.7 Å². The number of fused-ring (bicyclic) bond motifs is 1. The molecule has 6 heteroatoms. The van der Waals surface area contributed by atoms with Crippen LogP contribution in [0, 0.1) is 25.7 Å². The van der Waals surface area contributed by atoms with Crippen molar-refractivity contribution in [1.29, 1.82) is 0 Å². The Bertz CT molecular complexity index is 948. The molecule has 0 saturated heterocycles. The fourth-order valence-corrected chi connectivity index (χ4v) is 3.79. The maximum Gasteiger partial charge on any atom is 0.323 e. The molecule has 0 saturated carbocycles. The highest BCUT2D eigenvalue weighted by Gasteiger charge is 2.39. The summed E-state index contributed by atoms with van der Waals surface area (Å²) in [4.78, 5) is 17.6. The van der Waals surface area contributed by atoms with E-state index in [1.807, 2.05) is 53.7 Å². The van der Waals surface area contributed by atoms with Gasteiger partial charge in [0.1, 0.15) is 5.76 Å². The number of aliphatic hydroxyl groups is 1. The molecule has 134 valence electrons. The van der Waals surface area contributed by atoms with Gasteiger partial charge in [-0.05, 0) is 43.4 Å². The SMILES string of the molecule is Cc1noc(C)c1-c1cc(C(O)(C(C)C)C(C)C)c2[nH]c(=O)[nH]c2c1. The van der Waals surface area contributed by atoms with Crippen molar-refractivity contribution in [2.75, 3.05) is 0 Å². The van der Waals surface area contributed by atoms with E-state index >= 15 is 0 Å². The summed E-state index contributed by atoms with van der Waals surface area (Å²) in [6.45, 7) is 11.7. The van der Waals surface area contributed by atoms with Gasteiger partial charge in [-0.3, -0.25) is 0 Å². The zero-order valence-electron chi connectivity index (χ0n) is 15.5. The number of imidazole rings is 1. The molecule has 0 radical (unpaired) electrons. The predicted octanol–water partition coefficient (Wildman–Crippen LogP) is 3.63. The predicted molar refractivity (Wildman–Crippen MR) is 97.5 cm³/mol. The molecule has 2 aromatic heterocycles. The third-order valence-corrected chi connectivity index (χ3v) is 5.14. The van der Waals surface area contributed by atoms with Crippen molar-refractivity contribution in [3.8, 4) is 11.1 Å². The fourth-order valence-electron chi connectivity index (χ4n) is 3.79. The summed E-state index contributed by atoms with van der Waals surface area (Å²) in [5.74, 6) is 0.640. The van der Waals surface area contributed by atoms with Crippen molar-refractivity contribution in [3.05, 3.63) is 39.6 Å². The van der Waals surface area contributed by atoms with Gasteiger partial charge in [0.15, 0.2) is 0 Å². The first-order chi connectivity index (χ1) is 11.7. The number of aryl methyl sites for hydroxylation is 2. The number of aromatic nitrogens is 3. The van der Waals surface area contributed by atoms with Crippen LogP contribution >= 0.6 is 0 Å². The Labute approximate surface area is 146 Å². The Hall–Kier alpha value is -2.34. The number of nitrogens with zero attached hydrogens (tertiary/aromatic N) is 1. The fraction of sp³-hybridized carbons (Fsp3) is 0.474. The minimum atomic E-state index is -1.08. The van der Waals surface area contributed by atoms with Crippen LogP contribution in [0.25, 0.3) is 22.2 Å². The lowest BCUT2D eigenvalue weighted by Gasteiger charge is -2.37. The lowest BCUT2D eigenvalue weighted by Crippen LogP contribution is -2.38. The summed E-state index contributed by atoms with van der Waals surface area (Å²) < 4.78 is 5.30. The first-order valence-electron chi connectivity index (χ1n) is 8.58. The van der Waals surface area contributed by atoms with Gasteiger partial charge >= 0.3 is 5.69 Å². The van der Waals surface area contributed by atoms with Crippen molar-refractivity contribution in [2.45, 2.75) is 47.1 Å². The average Bonchev–Trinajstić information content (AvgIpc) is 3.06. The Morgan fingerprint density at radius 2 is 1.76 bits per heavy atom. The van der Waals surface area contributed by atoms with Crippen molar-refractivity contribution >= 4 is 11.0 Å². The monoisotopic (exact) mass is 343 g/mol. The Morgan fingerprint density at radius 1 is 1.12 bits per heavy atom. The first-order valence-corrected chi connectivity index (χ1v) is 8.58. The van der Waals surface area contributed by atoms with E-state index in [1.165, 1.54) is 0 Å². The molecule has 6 nitrogen and oxygen atoms in total. The van der Waals surface area contributed by atoms with Crippen LogP contribution in [0.3, 0.4) is 0 Å². The third-order valence-electron chi connectivity index (χ3n) is 5.14. The molecule has 3 aromatic rings. The zero-order chi connectivity index (χ0) is 18.5. The van der Waals surface area contributed by atoms with Gasteiger partial charge < -0.3 is 19.6 Å². The van der Waals surface area contributed by atoms with Crippen LogP contribution in [-0.2, 0) is 5.60 Å². The van der Waals surface area contributed by atoms with E-state index in [0.717, 1.165) is 16.8 Å². The Kier molecular flexibility index (Phi) is 4.11. The van der Waals surface area contributed by atoms with Gasteiger partial charge in [0.25, 0.3) is 0 Å². The maximum atomic E-state index is 11.9. The van der Waals surface area contributed by atoms with Crippen LogP contribution < -0.4 is 5.69 Å². The minimum absolute atomic E-state index is 0.0333. The largest absolute Gasteiger partial charge is 0.385 e. The van der Waals surface area contributed by atoms with Crippen LogP contribution in [0.15, 0.2) is 21.5 Å². The molecule has 0 unspecified atom stereocenters. The second-order valence-corrected chi connectivity index (χ2v) is 7.36. The molecule has 0 atom stereocenters. The molecule has 3 rings (SSSR count). The highest BCUT2D eigenvalue weighted by Crippen LogP contribution is 2.42. The van der Waals surface area contributed by atoms with E-state index in [0.29, 0.717) is 22.4 Å². The lowest BCUT2D eigenvalue weighted by molar-refractivity contribution is -0.0519. The van der Waals surface area contributed by atoms with Gasteiger partial charge in [-0.25, -0.2) is 4.79 Å². The molecule has 0 spiro atoms. The molecular weight excluding hydrogens is 318 g/mol. The van der Waals surface area contributed by atoms with Crippen molar-refractivity contribution in [3.63, 3.8) is 0 Å². The number of hydrogen-bond donors (Lipinski definition) is 3. The second-order valence-electron chi connectivity index (χ2n) is 7.36. The van der Waals surface area contributed by atoms with Crippen LogP contribution in [0.2, 0.25) is 0 Å². The topological polar surface area (TPSA) is 94.9 Å². The average molecular weight is 343 g/mol. The molecule has 0 aliphatic rings. The molecule has 25 heavy (non-hydrogen) atoms. The maximum absolute atomic E-state index is 11.9. The van der Waals surface area contributed by atoms with Crippen molar-refractivity contribution in [2.24, 2.45) is 11.8 Å². The molecule has 0 aliphatic heterocycles. The normalized spacial score (nSPS) is 12.7. The quantitative estimate of drug-likeness (QED) is 0.674. The van der Waals surface area contributed by atoms with Gasteiger partial charge in [0.05, 0.1) is 22.3 Å². The van der Waals surface area contributed by atoms with E-state index in [-0.39, 0.29) is 17.5 Å². The van der Waals surface area contributed by atoms with E-state index < -0.39 is 5.60 Å². The van der Waals surface area contributed by atoms with Gasteiger partial charge in [-0.15, -0.1) is 0 Å². The van der Waals surface area contributed by atoms with Crippen molar-refractivity contribution in [1.82, 2.24) is 15.1 Å². The van der Waals surface area contributed by atoms with E-state index in [2.05, 4.69) is 15.1 Å². The summed E-state index contributed by atoms with van der Waals surface area (Å²) in [6, 6.07) is 3.84. The van der Waals surface area contributed by atoms with E-state index in [4.69, 9.17) is 4.52 Å². The number of rotatable bonds is 4. The molecular formula is C19H25N3O3. The lowest BCUT2D eigenvalue weighted by atomic mass is 9.74. The number of benzene rings is 1. The number of aromatic amines is 2. The second kappa shape index (κ2) is 5.88. The summed E-state index contributed by atoms with van der Waals surface area (Å²) in [7, 11) is 0. The molecule has 0 amide bonds. The summed E-state index contributed by atoms with van der Waals surface area (Å²) >= 11 is 0. The zero-order valence-corrected chi connectivity index (χ0v) is 15.5. The Morgan fingerprint density at radius 3 is 2.28 bits per heavy atom.